The van der Waals surface area contributed by atoms with Gasteiger partial charge in [0, 0.05) is 6.42 Å². The van der Waals surface area contributed by atoms with Crippen LogP contribution in [-0.2, 0) is 16.0 Å². The van der Waals surface area contributed by atoms with Gasteiger partial charge in [-0.3, -0.25) is 4.79 Å². The summed E-state index contributed by atoms with van der Waals surface area (Å²) in [4.78, 5) is 11.3. The molecule has 0 aliphatic carbocycles. The minimum atomic E-state index is -0.368. The Bertz CT molecular complexity index is 663. The topological polar surface area (TPSA) is 118 Å². The number of carbonyl (C=O) groups is 1. The van der Waals surface area contributed by atoms with Gasteiger partial charge in [-0.2, -0.15) is 15.8 Å². The van der Waals surface area contributed by atoms with Crippen molar-refractivity contribution in [3.05, 3.63) is 34.4 Å². The second-order valence-electron chi connectivity index (χ2n) is 4.54. The molecule has 0 radical (unpaired) electrons. The van der Waals surface area contributed by atoms with Gasteiger partial charge in [0.15, 0.2) is 0 Å². The molecule has 0 saturated carbocycles. The highest BCUT2D eigenvalue weighted by Crippen LogP contribution is 2.18. The molecule has 0 bridgehead atoms. The summed E-state index contributed by atoms with van der Waals surface area (Å²) < 4.78 is 4.73. The number of benzene rings is 1. The number of hydrogen-bond acceptors (Lipinski definition) is 6. The molecule has 0 unspecified atom stereocenters. The lowest BCUT2D eigenvalue weighted by molar-refractivity contribution is -0.144. The number of nitriles is 3. The molecule has 0 fully saturated rings. The van der Waals surface area contributed by atoms with E-state index in [1.54, 1.807) is 6.07 Å². The number of esters is 1. The summed E-state index contributed by atoms with van der Waals surface area (Å²) in [6.45, 7) is -0.196. The molecule has 0 spiro atoms. The molecule has 0 aliphatic heterocycles. The van der Waals surface area contributed by atoms with Crippen molar-refractivity contribution in [2.75, 3.05) is 13.2 Å². The zero-order valence-corrected chi connectivity index (χ0v) is 12.0. The number of nitrogens with zero attached hydrogens (tertiary/aromatic N) is 3. The summed E-state index contributed by atoms with van der Waals surface area (Å²) >= 11 is 0. The average Bonchev–Trinajstić information content (AvgIpc) is 2.55. The van der Waals surface area contributed by atoms with Crippen molar-refractivity contribution in [1.82, 2.24) is 0 Å². The Kier molecular flexibility index (Phi) is 7.13. The van der Waals surface area contributed by atoms with E-state index in [9.17, 15) is 4.79 Å². The van der Waals surface area contributed by atoms with E-state index >= 15 is 0 Å². The highest BCUT2D eigenvalue weighted by Gasteiger charge is 2.10. The van der Waals surface area contributed by atoms with Crippen molar-refractivity contribution in [1.29, 1.82) is 15.8 Å². The highest BCUT2D eigenvalue weighted by molar-refractivity contribution is 5.69. The van der Waals surface area contributed by atoms with Crippen molar-refractivity contribution in [2.24, 2.45) is 0 Å². The quantitative estimate of drug-likeness (QED) is 0.602. The standard InChI is InChI=1S/C16H15N3O3/c17-9-13-8-15(11-19)14(10-18)7-12(13)3-1-2-4-16(21)22-6-5-20/h7-8,20H,1-6H2. The normalized spacial score (nSPS) is 9.36. The van der Waals surface area contributed by atoms with Crippen molar-refractivity contribution >= 4 is 5.97 Å². The Hall–Kier alpha value is -2.88. The van der Waals surface area contributed by atoms with Crippen LogP contribution in [-0.4, -0.2) is 24.3 Å². The SMILES string of the molecule is N#Cc1cc(C#N)c(CCCCC(=O)OCCO)cc1C#N. The highest BCUT2D eigenvalue weighted by atomic mass is 16.5. The molecular formula is C16H15N3O3. The van der Waals surface area contributed by atoms with E-state index in [1.165, 1.54) is 6.07 Å². The fourth-order valence-electron chi connectivity index (χ4n) is 1.96. The monoisotopic (exact) mass is 297 g/mol. The lowest BCUT2D eigenvalue weighted by atomic mass is 9.96. The summed E-state index contributed by atoms with van der Waals surface area (Å²) in [6, 6.07) is 8.83. The number of carbonyl (C=O) groups excluding carboxylic acids is 1. The zero-order chi connectivity index (χ0) is 16.4. The molecule has 1 rings (SSSR count). The largest absolute Gasteiger partial charge is 0.463 e. The summed E-state index contributed by atoms with van der Waals surface area (Å²) in [7, 11) is 0. The summed E-state index contributed by atoms with van der Waals surface area (Å²) in [5.74, 6) is -0.368. The van der Waals surface area contributed by atoms with E-state index in [0.717, 1.165) is 0 Å². The molecule has 0 atom stereocenters. The van der Waals surface area contributed by atoms with E-state index in [0.29, 0.717) is 30.4 Å². The zero-order valence-electron chi connectivity index (χ0n) is 12.0. The lowest BCUT2D eigenvalue weighted by Gasteiger charge is -2.06. The summed E-state index contributed by atoms with van der Waals surface area (Å²) in [5.41, 5.74) is 1.51. The van der Waals surface area contributed by atoms with Gasteiger partial charge >= 0.3 is 5.97 Å². The molecule has 22 heavy (non-hydrogen) atoms. The van der Waals surface area contributed by atoms with Crippen LogP contribution in [0.2, 0.25) is 0 Å². The van der Waals surface area contributed by atoms with Gasteiger partial charge in [-0.15, -0.1) is 0 Å². The third-order valence-corrected chi connectivity index (χ3v) is 3.04. The van der Waals surface area contributed by atoms with E-state index in [1.807, 2.05) is 18.2 Å². The number of unbranched alkanes of at least 4 members (excludes halogenated alkanes) is 1. The lowest BCUT2D eigenvalue weighted by Crippen LogP contribution is -2.08. The van der Waals surface area contributed by atoms with Gasteiger partial charge in [-0.25, -0.2) is 0 Å². The maximum atomic E-state index is 11.3. The minimum Gasteiger partial charge on any atom is -0.463 e. The van der Waals surface area contributed by atoms with Crippen LogP contribution in [0.5, 0.6) is 0 Å². The first-order chi connectivity index (χ1) is 10.7. The second kappa shape index (κ2) is 9.13. The van der Waals surface area contributed by atoms with Gasteiger partial charge < -0.3 is 9.84 Å². The number of ether oxygens (including phenoxy) is 1. The van der Waals surface area contributed by atoms with E-state index in [4.69, 9.17) is 25.6 Å². The Morgan fingerprint density at radius 1 is 1.05 bits per heavy atom. The van der Waals surface area contributed by atoms with Gasteiger partial charge in [-0.05, 0) is 37.0 Å². The first kappa shape index (κ1) is 17.2. The number of aryl methyl sites for hydroxylation is 1. The first-order valence-corrected chi connectivity index (χ1v) is 6.80. The molecule has 1 aromatic rings. The predicted octanol–water partition coefficient (Wildman–Crippen LogP) is 1.55. The van der Waals surface area contributed by atoms with Crippen molar-refractivity contribution in [2.45, 2.75) is 25.7 Å². The van der Waals surface area contributed by atoms with Gasteiger partial charge in [0.25, 0.3) is 0 Å². The average molecular weight is 297 g/mol. The van der Waals surface area contributed by atoms with Crippen LogP contribution in [0.3, 0.4) is 0 Å². The fourth-order valence-corrected chi connectivity index (χ4v) is 1.96. The third kappa shape index (κ3) is 4.90. The minimum absolute atomic E-state index is 0.00142. The summed E-state index contributed by atoms with van der Waals surface area (Å²) in [5, 5.41) is 35.6. The van der Waals surface area contributed by atoms with Gasteiger partial charge in [-0.1, -0.05) is 0 Å². The molecule has 6 heteroatoms. The van der Waals surface area contributed by atoms with Crippen molar-refractivity contribution < 1.29 is 14.6 Å². The molecule has 1 aromatic carbocycles. The Morgan fingerprint density at radius 3 is 2.27 bits per heavy atom. The Labute approximate surface area is 128 Å². The Morgan fingerprint density at radius 2 is 1.68 bits per heavy atom. The van der Waals surface area contributed by atoms with Gasteiger partial charge in [0.2, 0.25) is 0 Å². The molecule has 6 nitrogen and oxygen atoms in total. The van der Waals surface area contributed by atoms with Crippen molar-refractivity contribution in [3.63, 3.8) is 0 Å². The molecule has 0 heterocycles. The van der Waals surface area contributed by atoms with Crippen LogP contribution < -0.4 is 0 Å². The first-order valence-electron chi connectivity index (χ1n) is 6.80. The molecule has 0 amide bonds. The molecule has 0 aromatic heterocycles. The molecule has 112 valence electrons. The second-order valence-corrected chi connectivity index (χ2v) is 4.54. The smallest absolute Gasteiger partial charge is 0.305 e. The van der Waals surface area contributed by atoms with Crippen LogP contribution in [0.4, 0.5) is 0 Å². The molecule has 0 aliphatic rings. The third-order valence-electron chi connectivity index (χ3n) is 3.04. The van der Waals surface area contributed by atoms with E-state index in [2.05, 4.69) is 0 Å². The Balaban J connectivity index is 2.63. The summed E-state index contributed by atoms with van der Waals surface area (Å²) in [6.07, 6.45) is 2.01. The van der Waals surface area contributed by atoms with Crippen LogP contribution in [0, 0.1) is 34.0 Å². The number of hydrogen-bond donors (Lipinski definition) is 1. The van der Waals surface area contributed by atoms with Gasteiger partial charge in [0.05, 0.1) is 29.4 Å². The van der Waals surface area contributed by atoms with E-state index in [-0.39, 0.29) is 36.7 Å². The number of aliphatic hydroxyl groups is 1. The fraction of sp³-hybridized carbons (Fsp3) is 0.375. The molecular weight excluding hydrogens is 282 g/mol. The molecule has 0 saturated heterocycles. The van der Waals surface area contributed by atoms with Crippen LogP contribution in [0.1, 0.15) is 41.5 Å². The maximum Gasteiger partial charge on any atom is 0.305 e. The maximum absolute atomic E-state index is 11.3. The van der Waals surface area contributed by atoms with Crippen molar-refractivity contribution in [3.8, 4) is 18.2 Å². The van der Waals surface area contributed by atoms with Crippen LogP contribution in [0.15, 0.2) is 12.1 Å². The van der Waals surface area contributed by atoms with E-state index < -0.39 is 0 Å². The van der Waals surface area contributed by atoms with Crippen LogP contribution >= 0.6 is 0 Å². The number of aliphatic hydroxyl groups excluding tert-OH is 1. The van der Waals surface area contributed by atoms with Gasteiger partial charge in [0.1, 0.15) is 18.7 Å². The number of rotatable bonds is 7. The predicted molar refractivity (Wildman–Crippen MR) is 76.2 cm³/mol. The molecule has 1 N–H and O–H groups in total. The van der Waals surface area contributed by atoms with Crippen LogP contribution in [0.25, 0.3) is 0 Å².